The molecule has 0 bridgehead atoms. The lowest BCUT2D eigenvalue weighted by molar-refractivity contribution is -0.140. The molecule has 1 amide bonds. The van der Waals surface area contributed by atoms with Crippen LogP contribution in [0.25, 0.3) is 0 Å². The van der Waals surface area contributed by atoms with Gasteiger partial charge in [-0.05, 0) is 22.4 Å². The van der Waals surface area contributed by atoms with Gasteiger partial charge >= 0.3 is 0 Å². The lowest BCUT2D eigenvalue weighted by Crippen LogP contribution is -2.48. The molecule has 1 N–H and O–H groups in total. The summed E-state index contributed by atoms with van der Waals surface area (Å²) < 4.78 is 11.2. The fourth-order valence-electron chi connectivity index (χ4n) is 2.63. The van der Waals surface area contributed by atoms with Crippen LogP contribution in [0.4, 0.5) is 0 Å². The maximum atomic E-state index is 12.4. The van der Waals surface area contributed by atoms with E-state index in [-0.39, 0.29) is 30.5 Å². The highest BCUT2D eigenvalue weighted by Gasteiger charge is 2.27. The average molecular weight is 333 g/mol. The number of ether oxygens (including phenoxy) is 2. The Balaban J connectivity index is 0.00000161. The van der Waals surface area contributed by atoms with E-state index in [2.05, 4.69) is 16.8 Å². The minimum absolute atomic E-state index is 0. The minimum atomic E-state index is 0. The van der Waals surface area contributed by atoms with Crippen molar-refractivity contribution in [3.8, 4) is 0 Å². The van der Waals surface area contributed by atoms with Gasteiger partial charge in [-0.15, -0.1) is 12.4 Å². The van der Waals surface area contributed by atoms with E-state index in [0.717, 1.165) is 13.2 Å². The van der Waals surface area contributed by atoms with Crippen LogP contribution >= 0.6 is 23.7 Å². The van der Waals surface area contributed by atoms with E-state index >= 15 is 0 Å². The van der Waals surface area contributed by atoms with Crippen LogP contribution in [-0.2, 0) is 14.3 Å². The molecule has 0 aliphatic carbocycles. The van der Waals surface area contributed by atoms with E-state index in [0.29, 0.717) is 32.7 Å². The Bertz CT molecular complexity index is 437. The first kappa shape index (κ1) is 16.7. The van der Waals surface area contributed by atoms with Crippen LogP contribution in [0.5, 0.6) is 0 Å². The largest absolute Gasteiger partial charge is 0.378 e. The fraction of sp³-hybridized carbons (Fsp3) is 0.643. The second-order valence-electron chi connectivity index (χ2n) is 5.19. The van der Waals surface area contributed by atoms with Gasteiger partial charge < -0.3 is 19.7 Å². The molecule has 5 nitrogen and oxygen atoms in total. The predicted molar refractivity (Wildman–Crippen MR) is 84.1 cm³/mol. The zero-order valence-corrected chi connectivity index (χ0v) is 13.5. The Morgan fingerprint density at radius 1 is 1.48 bits per heavy atom. The SMILES string of the molecule is Cl.O=C(CC1COCCN1)N1CCOC(c2ccsc2)C1. The quantitative estimate of drug-likeness (QED) is 0.910. The number of carbonyl (C=O) groups is 1. The van der Waals surface area contributed by atoms with Crippen molar-refractivity contribution in [3.63, 3.8) is 0 Å². The Hall–Kier alpha value is -0.660. The van der Waals surface area contributed by atoms with Crippen LogP contribution in [0.15, 0.2) is 16.8 Å². The Labute approximate surface area is 135 Å². The maximum Gasteiger partial charge on any atom is 0.224 e. The van der Waals surface area contributed by atoms with E-state index in [1.165, 1.54) is 5.56 Å². The number of nitrogens with zero attached hydrogens (tertiary/aromatic N) is 1. The van der Waals surface area contributed by atoms with Crippen LogP contribution in [0.1, 0.15) is 18.1 Å². The molecule has 0 aromatic carbocycles. The molecule has 2 fully saturated rings. The van der Waals surface area contributed by atoms with Crippen molar-refractivity contribution in [1.82, 2.24) is 10.2 Å². The van der Waals surface area contributed by atoms with Gasteiger partial charge in [-0.1, -0.05) is 0 Å². The third-order valence-electron chi connectivity index (χ3n) is 3.75. The van der Waals surface area contributed by atoms with Gasteiger partial charge in [0.15, 0.2) is 0 Å². The van der Waals surface area contributed by atoms with Crippen molar-refractivity contribution in [2.75, 3.05) is 39.5 Å². The van der Waals surface area contributed by atoms with Crippen molar-refractivity contribution in [3.05, 3.63) is 22.4 Å². The summed E-state index contributed by atoms with van der Waals surface area (Å²) in [5.74, 6) is 0.191. The van der Waals surface area contributed by atoms with Crippen molar-refractivity contribution in [2.45, 2.75) is 18.6 Å². The molecule has 0 saturated carbocycles. The zero-order valence-electron chi connectivity index (χ0n) is 11.8. The number of hydrogen-bond acceptors (Lipinski definition) is 5. The Morgan fingerprint density at radius 2 is 2.38 bits per heavy atom. The first-order valence-corrected chi connectivity index (χ1v) is 8.00. The number of halogens is 1. The average Bonchev–Trinajstić information content (AvgIpc) is 3.03. The van der Waals surface area contributed by atoms with Gasteiger partial charge in [0.05, 0.1) is 26.4 Å². The number of hydrogen-bond donors (Lipinski definition) is 1. The summed E-state index contributed by atoms with van der Waals surface area (Å²) in [7, 11) is 0. The van der Waals surface area contributed by atoms with Gasteiger partial charge in [-0.2, -0.15) is 11.3 Å². The summed E-state index contributed by atoms with van der Waals surface area (Å²) in [6, 6.07) is 2.22. The van der Waals surface area contributed by atoms with Gasteiger partial charge in [0.1, 0.15) is 6.10 Å². The minimum Gasteiger partial charge on any atom is -0.378 e. The standard InChI is InChI=1S/C14H20N2O3S.ClH/c17-14(7-12-9-18-4-2-15-12)16-3-5-19-13(8-16)11-1-6-20-10-11;/h1,6,10,12-13,15H,2-5,7-9H2;1H. The molecule has 21 heavy (non-hydrogen) atoms. The monoisotopic (exact) mass is 332 g/mol. The molecule has 2 unspecified atom stereocenters. The smallest absolute Gasteiger partial charge is 0.224 e. The molecule has 0 spiro atoms. The van der Waals surface area contributed by atoms with Crippen molar-refractivity contribution >= 4 is 29.7 Å². The van der Waals surface area contributed by atoms with E-state index < -0.39 is 0 Å². The lowest BCUT2D eigenvalue weighted by atomic mass is 10.1. The topological polar surface area (TPSA) is 50.8 Å². The Morgan fingerprint density at radius 3 is 3.10 bits per heavy atom. The molecule has 2 saturated heterocycles. The number of rotatable bonds is 3. The highest BCUT2D eigenvalue weighted by atomic mass is 35.5. The van der Waals surface area contributed by atoms with Crippen molar-refractivity contribution in [1.29, 1.82) is 0 Å². The van der Waals surface area contributed by atoms with Crippen LogP contribution in [-0.4, -0.2) is 56.3 Å². The maximum absolute atomic E-state index is 12.4. The lowest BCUT2D eigenvalue weighted by Gasteiger charge is -2.34. The van der Waals surface area contributed by atoms with Crippen molar-refractivity contribution < 1.29 is 14.3 Å². The zero-order chi connectivity index (χ0) is 13.8. The third kappa shape index (κ3) is 4.40. The molecule has 2 atom stereocenters. The van der Waals surface area contributed by atoms with E-state index in [1.54, 1.807) is 11.3 Å². The molecule has 2 aliphatic heterocycles. The van der Waals surface area contributed by atoms with Gasteiger partial charge in [-0.25, -0.2) is 0 Å². The van der Waals surface area contributed by atoms with Gasteiger partial charge in [0.25, 0.3) is 0 Å². The molecule has 1 aromatic heterocycles. The van der Waals surface area contributed by atoms with E-state index in [1.807, 2.05) is 10.3 Å². The molecule has 2 aliphatic rings. The van der Waals surface area contributed by atoms with Crippen molar-refractivity contribution in [2.24, 2.45) is 0 Å². The summed E-state index contributed by atoms with van der Waals surface area (Å²) >= 11 is 1.66. The molecule has 7 heteroatoms. The van der Waals surface area contributed by atoms with Crippen LogP contribution in [0.2, 0.25) is 0 Å². The van der Waals surface area contributed by atoms with E-state index in [4.69, 9.17) is 9.47 Å². The number of nitrogens with one attached hydrogen (secondary N) is 1. The summed E-state index contributed by atoms with van der Waals surface area (Å²) in [5.41, 5.74) is 1.17. The highest BCUT2D eigenvalue weighted by Crippen LogP contribution is 2.24. The van der Waals surface area contributed by atoms with Gasteiger partial charge in [-0.3, -0.25) is 4.79 Å². The summed E-state index contributed by atoms with van der Waals surface area (Å²) in [4.78, 5) is 14.3. The van der Waals surface area contributed by atoms with Gasteiger partial charge in [0.2, 0.25) is 5.91 Å². The molecule has 0 radical (unpaired) electrons. The number of carbonyl (C=O) groups excluding carboxylic acids is 1. The Kier molecular flexibility index (Phi) is 6.44. The second kappa shape index (κ2) is 8.10. The predicted octanol–water partition coefficient (Wildman–Crippen LogP) is 1.45. The summed E-state index contributed by atoms with van der Waals surface area (Å²) in [6.45, 7) is 4.15. The number of morpholine rings is 2. The molecule has 3 heterocycles. The van der Waals surface area contributed by atoms with Crippen LogP contribution in [0.3, 0.4) is 0 Å². The second-order valence-corrected chi connectivity index (χ2v) is 5.97. The van der Waals surface area contributed by atoms with Crippen LogP contribution in [0, 0.1) is 0 Å². The molecular weight excluding hydrogens is 312 g/mol. The molecule has 3 rings (SSSR count). The fourth-order valence-corrected chi connectivity index (χ4v) is 3.33. The first-order chi connectivity index (χ1) is 9.83. The molecule has 1 aromatic rings. The third-order valence-corrected chi connectivity index (χ3v) is 4.46. The normalized spacial score (nSPS) is 26.2. The number of amides is 1. The molecule has 118 valence electrons. The van der Waals surface area contributed by atoms with Crippen LogP contribution < -0.4 is 5.32 Å². The first-order valence-electron chi connectivity index (χ1n) is 7.05. The number of thiophene rings is 1. The van der Waals surface area contributed by atoms with Gasteiger partial charge in [0, 0.05) is 25.6 Å². The summed E-state index contributed by atoms with van der Waals surface area (Å²) in [5, 5.41) is 7.46. The summed E-state index contributed by atoms with van der Waals surface area (Å²) in [6.07, 6.45) is 0.533. The van der Waals surface area contributed by atoms with E-state index in [9.17, 15) is 4.79 Å². The molecular formula is C14H21ClN2O3S. The highest BCUT2D eigenvalue weighted by molar-refractivity contribution is 7.07.